The Kier molecular flexibility index (Phi) is 5.67. The number of nitrogens with one attached hydrogen (secondary N) is 1. The topological polar surface area (TPSA) is 38.3 Å². The van der Waals surface area contributed by atoms with Crippen molar-refractivity contribution >= 4 is 5.91 Å². The number of carbonyl (C=O) groups excluding carboxylic acids is 1. The molecule has 1 aliphatic carbocycles. The molecule has 24 heavy (non-hydrogen) atoms. The van der Waals surface area contributed by atoms with E-state index in [1.807, 2.05) is 48.5 Å². The predicted molar refractivity (Wildman–Crippen MR) is 96.0 cm³/mol. The van der Waals surface area contributed by atoms with Crippen LogP contribution in [0.15, 0.2) is 66.7 Å². The predicted octanol–water partition coefficient (Wildman–Crippen LogP) is 4.35. The highest BCUT2D eigenvalue weighted by molar-refractivity contribution is 5.94. The van der Waals surface area contributed by atoms with Gasteiger partial charge in [0, 0.05) is 12.1 Å². The largest absolute Gasteiger partial charge is 0.489 e. The summed E-state index contributed by atoms with van der Waals surface area (Å²) in [4.78, 5) is 12.3. The highest BCUT2D eigenvalue weighted by Gasteiger charge is 2.12. The molecular weight excluding hydrogens is 298 g/mol. The van der Waals surface area contributed by atoms with E-state index in [1.54, 1.807) is 6.07 Å². The fraction of sp³-hybridized carbons (Fsp3) is 0.286. The van der Waals surface area contributed by atoms with Crippen molar-refractivity contribution in [1.29, 1.82) is 0 Å². The quantitative estimate of drug-likeness (QED) is 0.803. The van der Waals surface area contributed by atoms with Crippen molar-refractivity contribution in [2.24, 2.45) is 5.92 Å². The standard InChI is InChI=1S/C21H23NO2/c23-21(22-15-17-8-3-1-4-9-17)19-12-7-13-20(14-19)24-16-18-10-5-2-6-11-18/h1-3,5-7,10-14,17H,4,8-9,15-16H2,(H,22,23). The molecule has 1 amide bonds. The molecule has 0 heterocycles. The highest BCUT2D eigenvalue weighted by atomic mass is 16.5. The van der Waals surface area contributed by atoms with Gasteiger partial charge in [0.15, 0.2) is 0 Å². The Hall–Kier alpha value is -2.55. The van der Waals surface area contributed by atoms with Crippen molar-refractivity contribution in [3.05, 3.63) is 77.9 Å². The van der Waals surface area contributed by atoms with Crippen molar-refractivity contribution < 1.29 is 9.53 Å². The monoisotopic (exact) mass is 321 g/mol. The van der Waals surface area contributed by atoms with Crippen LogP contribution in [0.3, 0.4) is 0 Å². The van der Waals surface area contributed by atoms with E-state index < -0.39 is 0 Å². The number of hydrogen-bond donors (Lipinski definition) is 1. The van der Waals surface area contributed by atoms with Gasteiger partial charge in [0.1, 0.15) is 12.4 Å². The van der Waals surface area contributed by atoms with Crippen molar-refractivity contribution in [2.75, 3.05) is 6.54 Å². The zero-order chi connectivity index (χ0) is 16.6. The summed E-state index contributed by atoms with van der Waals surface area (Å²) < 4.78 is 5.79. The van der Waals surface area contributed by atoms with Gasteiger partial charge in [0.05, 0.1) is 0 Å². The van der Waals surface area contributed by atoms with Gasteiger partial charge in [0.25, 0.3) is 5.91 Å². The van der Waals surface area contributed by atoms with Gasteiger partial charge in [-0.2, -0.15) is 0 Å². The van der Waals surface area contributed by atoms with Gasteiger partial charge in [-0.05, 0) is 48.9 Å². The summed E-state index contributed by atoms with van der Waals surface area (Å²) in [6.07, 6.45) is 7.74. The number of ether oxygens (including phenoxy) is 1. The van der Waals surface area contributed by atoms with Crippen LogP contribution in [0.5, 0.6) is 5.75 Å². The molecule has 0 radical (unpaired) electrons. The molecule has 3 rings (SSSR count). The van der Waals surface area contributed by atoms with Crippen LogP contribution in [0, 0.1) is 5.92 Å². The summed E-state index contributed by atoms with van der Waals surface area (Å²) >= 11 is 0. The number of allylic oxidation sites excluding steroid dienone is 2. The average Bonchev–Trinajstić information content (AvgIpc) is 2.66. The third-order valence-electron chi connectivity index (χ3n) is 4.27. The molecule has 1 N–H and O–H groups in total. The fourth-order valence-corrected chi connectivity index (χ4v) is 2.85. The smallest absolute Gasteiger partial charge is 0.251 e. The van der Waals surface area contributed by atoms with Crippen LogP contribution in [0.25, 0.3) is 0 Å². The average molecular weight is 321 g/mol. The lowest BCUT2D eigenvalue weighted by Gasteiger charge is -2.18. The molecule has 0 fully saturated rings. The minimum atomic E-state index is -0.0327. The van der Waals surface area contributed by atoms with Crippen LogP contribution in [-0.2, 0) is 6.61 Å². The minimum Gasteiger partial charge on any atom is -0.489 e. The fourth-order valence-electron chi connectivity index (χ4n) is 2.85. The van der Waals surface area contributed by atoms with Crippen LogP contribution >= 0.6 is 0 Å². The first-order valence-electron chi connectivity index (χ1n) is 8.51. The van der Waals surface area contributed by atoms with E-state index in [0.717, 1.165) is 31.4 Å². The molecule has 1 unspecified atom stereocenters. The number of benzene rings is 2. The van der Waals surface area contributed by atoms with Gasteiger partial charge in [-0.3, -0.25) is 4.79 Å². The second kappa shape index (κ2) is 8.34. The Bertz CT molecular complexity index is 694. The van der Waals surface area contributed by atoms with Crippen molar-refractivity contribution in [2.45, 2.75) is 25.9 Å². The molecule has 2 aromatic carbocycles. The maximum Gasteiger partial charge on any atom is 0.251 e. The van der Waals surface area contributed by atoms with Gasteiger partial charge in [-0.25, -0.2) is 0 Å². The summed E-state index contributed by atoms with van der Waals surface area (Å²) in [5.74, 6) is 1.23. The molecule has 0 spiro atoms. The summed E-state index contributed by atoms with van der Waals surface area (Å²) in [6.45, 7) is 1.23. The number of hydrogen-bond acceptors (Lipinski definition) is 2. The SMILES string of the molecule is O=C(NCC1CC=CCC1)c1cccc(OCc2ccccc2)c1. The maximum atomic E-state index is 12.3. The highest BCUT2D eigenvalue weighted by Crippen LogP contribution is 2.18. The lowest BCUT2D eigenvalue weighted by atomic mass is 9.94. The Labute approximate surface area is 143 Å². The van der Waals surface area contributed by atoms with Gasteiger partial charge in [-0.1, -0.05) is 48.6 Å². The molecule has 1 atom stereocenters. The zero-order valence-corrected chi connectivity index (χ0v) is 13.8. The van der Waals surface area contributed by atoms with E-state index >= 15 is 0 Å². The van der Waals surface area contributed by atoms with Gasteiger partial charge in [-0.15, -0.1) is 0 Å². The second-order valence-electron chi connectivity index (χ2n) is 6.16. The van der Waals surface area contributed by atoms with E-state index in [2.05, 4.69) is 17.5 Å². The number of amides is 1. The van der Waals surface area contributed by atoms with E-state index in [9.17, 15) is 4.79 Å². The first-order chi connectivity index (χ1) is 11.8. The summed E-state index contributed by atoms with van der Waals surface area (Å²) in [6, 6.07) is 17.4. The Balaban J connectivity index is 1.53. The lowest BCUT2D eigenvalue weighted by Crippen LogP contribution is -2.29. The number of carbonyl (C=O) groups is 1. The van der Waals surface area contributed by atoms with Gasteiger partial charge in [0.2, 0.25) is 0 Å². The molecular formula is C21H23NO2. The third-order valence-corrected chi connectivity index (χ3v) is 4.27. The minimum absolute atomic E-state index is 0.0327. The number of rotatable bonds is 6. The maximum absolute atomic E-state index is 12.3. The molecule has 124 valence electrons. The molecule has 0 aliphatic heterocycles. The third kappa shape index (κ3) is 4.72. The molecule has 0 aromatic heterocycles. The summed E-state index contributed by atoms with van der Waals surface area (Å²) in [5.41, 5.74) is 1.75. The van der Waals surface area contributed by atoms with Crippen LogP contribution in [0.2, 0.25) is 0 Å². The first kappa shape index (κ1) is 16.3. The molecule has 1 aliphatic rings. The van der Waals surface area contributed by atoms with E-state index in [-0.39, 0.29) is 5.91 Å². The molecule has 0 saturated carbocycles. The Morgan fingerprint density at radius 3 is 2.75 bits per heavy atom. The molecule has 3 nitrogen and oxygen atoms in total. The van der Waals surface area contributed by atoms with E-state index in [4.69, 9.17) is 4.74 Å². The molecule has 3 heteroatoms. The Morgan fingerprint density at radius 2 is 1.96 bits per heavy atom. The zero-order valence-electron chi connectivity index (χ0n) is 13.8. The van der Waals surface area contributed by atoms with Gasteiger partial charge < -0.3 is 10.1 Å². The van der Waals surface area contributed by atoms with Crippen molar-refractivity contribution in [3.8, 4) is 5.75 Å². The second-order valence-corrected chi connectivity index (χ2v) is 6.16. The molecule has 2 aromatic rings. The van der Waals surface area contributed by atoms with E-state index in [0.29, 0.717) is 23.8 Å². The van der Waals surface area contributed by atoms with Crippen LogP contribution in [0.4, 0.5) is 0 Å². The lowest BCUT2D eigenvalue weighted by molar-refractivity contribution is 0.0945. The Morgan fingerprint density at radius 1 is 1.08 bits per heavy atom. The van der Waals surface area contributed by atoms with Gasteiger partial charge >= 0.3 is 0 Å². The first-order valence-corrected chi connectivity index (χ1v) is 8.51. The normalized spacial score (nSPS) is 16.6. The van der Waals surface area contributed by atoms with Crippen molar-refractivity contribution in [1.82, 2.24) is 5.32 Å². The van der Waals surface area contributed by atoms with E-state index in [1.165, 1.54) is 0 Å². The van der Waals surface area contributed by atoms with Crippen molar-refractivity contribution in [3.63, 3.8) is 0 Å². The molecule has 0 bridgehead atoms. The van der Waals surface area contributed by atoms with Crippen LogP contribution in [-0.4, -0.2) is 12.5 Å². The van der Waals surface area contributed by atoms with Crippen LogP contribution in [0.1, 0.15) is 35.2 Å². The van der Waals surface area contributed by atoms with Crippen LogP contribution < -0.4 is 10.1 Å². The summed E-state index contributed by atoms with van der Waals surface area (Å²) in [7, 11) is 0. The summed E-state index contributed by atoms with van der Waals surface area (Å²) in [5, 5.41) is 3.04. The molecule has 0 saturated heterocycles.